The van der Waals surface area contributed by atoms with Crippen molar-refractivity contribution in [1.29, 1.82) is 0 Å². The average molecular weight is 2080 g/mol. The third-order valence-electron chi connectivity index (χ3n) is 27.1. The summed E-state index contributed by atoms with van der Waals surface area (Å²) in [5.41, 5.74) is -2.25. The first-order valence-corrected chi connectivity index (χ1v) is 50.5. The molecule has 5 fully saturated rings. The Morgan fingerprint density at radius 3 is 0.966 bits per heavy atom. The van der Waals surface area contributed by atoms with E-state index in [-0.39, 0.29) is 234 Å². The molecule has 0 saturated carbocycles. The molecule has 55 nitrogen and oxygen atoms in total. The van der Waals surface area contributed by atoms with Crippen LogP contribution in [0.15, 0.2) is 87.9 Å². The van der Waals surface area contributed by atoms with E-state index in [2.05, 4.69) is 71.8 Å². The summed E-state index contributed by atoms with van der Waals surface area (Å²) in [4.78, 5) is 218. The second-order valence-corrected chi connectivity index (χ2v) is 38.4. The quantitative estimate of drug-likeness (QED) is 0.0158. The summed E-state index contributed by atoms with van der Waals surface area (Å²) in [7, 11) is 0. The fourth-order valence-electron chi connectivity index (χ4n) is 18.6. The van der Waals surface area contributed by atoms with Crippen LogP contribution in [0.3, 0.4) is 0 Å². The topological polar surface area (TPSA) is 710 Å². The van der Waals surface area contributed by atoms with Gasteiger partial charge in [-0.05, 0) is 79.1 Å². The molecular weight excluding hydrogens is 1950 g/mol. The number of amides is 7. The molecule has 5 saturated heterocycles. The van der Waals surface area contributed by atoms with Crippen molar-refractivity contribution in [2.24, 2.45) is 0 Å². The molecule has 17 atom stereocenters. The van der Waals surface area contributed by atoms with Gasteiger partial charge in [-0.25, -0.2) is 37.9 Å². The molecule has 0 radical (unpaired) electrons. The van der Waals surface area contributed by atoms with E-state index in [4.69, 9.17) is 23.7 Å². The van der Waals surface area contributed by atoms with Crippen molar-refractivity contribution in [3.63, 3.8) is 0 Å². The first-order chi connectivity index (χ1) is 70.6. The number of aromatic nitrogens is 20. The van der Waals surface area contributed by atoms with Crippen molar-refractivity contribution in [2.75, 3.05) is 117 Å². The number of aliphatic hydroxyl groups excluding tert-OH is 8. The maximum absolute atomic E-state index is 15.4. The van der Waals surface area contributed by atoms with E-state index < -0.39 is 212 Å². The van der Waals surface area contributed by atoms with E-state index in [0.717, 1.165) is 0 Å². The minimum atomic E-state index is -1.73. The molecule has 5 aliphatic heterocycles. The standard InChI is InChI=1S/C91H131N27O28S/c1-7-71(126)107(26-31-110(72(127)8-2)32-34-147-33-21-70(125)93-80-82(132)81(131)68(51-123)146-87(80)137)25-28-109(75(130)20-12-16-59-46-118(105-101-59)63-38-79(145-67(63)50-122)114-42-55(6)86(136)97-91(114)141)30-29-108(74(129)19-11-15-58-45-117(104-100-58)62-37-78(144-66(62)49-121)113-41-54(5)85(135)96-90(113)140)27-24-106(73(128)18-10-14-57-44-116(103-99-57)61-36-77(143-65(61)48-120)112-40-53(4)84(134)95-89(112)139)23-22-92-69(124)17-9-13-56-43-115(102-98-56)60-35-76(142-64(60)47-119)111-39-52(3)83(133)94-88(111)138/h39-46,60-68,76-82,87,119-123,131-132,137H,7-38,47-51H2,1-6H3,(H,92,124)(H,93,125)(H,94,133,138)(H,95,134,139)(H,96,135,140)(H,97,136,141)/t60?,61?,62?,63?,64?,65?,66?,67?,68?,76?,77?,78?,79?,80?,81-,82+,87-/m1/s1. The van der Waals surface area contributed by atoms with Crippen LogP contribution < -0.4 is 55.6 Å². The predicted octanol–water partition coefficient (Wildman–Crippen LogP) is -5.72. The Labute approximate surface area is 842 Å². The molecule has 0 aliphatic carbocycles. The highest BCUT2D eigenvalue weighted by Gasteiger charge is 2.47. The number of H-pyrrole nitrogens is 4. The zero-order valence-electron chi connectivity index (χ0n) is 82.6. The lowest BCUT2D eigenvalue weighted by atomic mass is 9.97. The minimum Gasteiger partial charge on any atom is -0.394 e. The summed E-state index contributed by atoms with van der Waals surface area (Å²) >= 11 is 1.32. The first-order valence-electron chi connectivity index (χ1n) is 49.4. The van der Waals surface area contributed by atoms with Crippen LogP contribution in [0.2, 0.25) is 0 Å². The van der Waals surface area contributed by atoms with Crippen LogP contribution >= 0.6 is 11.8 Å². The molecule has 56 heteroatoms. The smallest absolute Gasteiger partial charge is 0.330 e. The van der Waals surface area contributed by atoms with Gasteiger partial charge in [-0.1, -0.05) is 34.7 Å². The summed E-state index contributed by atoms with van der Waals surface area (Å²) < 4.78 is 40.5. The van der Waals surface area contributed by atoms with Crippen LogP contribution in [0.4, 0.5) is 0 Å². The van der Waals surface area contributed by atoms with Crippen LogP contribution in [0.1, 0.15) is 204 Å². The van der Waals surface area contributed by atoms with E-state index in [1.54, 1.807) is 50.5 Å². The van der Waals surface area contributed by atoms with Crippen molar-refractivity contribution in [1.82, 2.24) is 133 Å². The number of hydrogen-bond donors (Lipinski definition) is 14. The fourth-order valence-corrected chi connectivity index (χ4v) is 19.5. The zero-order chi connectivity index (χ0) is 106. The van der Waals surface area contributed by atoms with Crippen molar-refractivity contribution < 1.29 is 98.1 Å². The summed E-state index contributed by atoms with van der Waals surface area (Å²) in [5, 5.41) is 123. The lowest BCUT2D eigenvalue weighted by Crippen LogP contribution is -2.64. The lowest BCUT2D eigenvalue weighted by Gasteiger charge is -2.40. The molecule has 7 amide bonds. The molecule has 804 valence electrons. The second-order valence-electron chi connectivity index (χ2n) is 37.2. The van der Waals surface area contributed by atoms with E-state index >= 15 is 14.4 Å². The van der Waals surface area contributed by atoms with Gasteiger partial charge >= 0.3 is 22.8 Å². The number of hydrogen-bond acceptors (Lipinski definition) is 37. The Morgan fingerprint density at radius 1 is 0.367 bits per heavy atom. The summed E-state index contributed by atoms with van der Waals surface area (Å²) in [6.07, 6.45) is 0.689. The molecular formula is C91H131N27O28S. The summed E-state index contributed by atoms with van der Waals surface area (Å²) in [5.74, 6) is -2.28. The van der Waals surface area contributed by atoms with Crippen LogP contribution in [0.5, 0.6) is 0 Å². The zero-order valence-corrected chi connectivity index (χ0v) is 83.5. The number of aromatic amines is 4. The van der Waals surface area contributed by atoms with Crippen LogP contribution in [-0.2, 0) is 82.9 Å². The number of ether oxygens (including phenoxy) is 5. The van der Waals surface area contributed by atoms with Crippen LogP contribution in [0, 0.1) is 27.7 Å². The number of nitrogens with zero attached hydrogens (tertiary/aromatic N) is 21. The molecule has 8 aromatic heterocycles. The molecule has 13 heterocycles. The lowest BCUT2D eigenvalue weighted by molar-refractivity contribution is -0.253. The third-order valence-corrected chi connectivity index (χ3v) is 28.1. The van der Waals surface area contributed by atoms with E-state index in [0.29, 0.717) is 28.5 Å². The number of aryl methyl sites for hydroxylation is 8. The SMILES string of the molecule is CCC(=O)N(CCSCCC(=O)NC1[C@H](O)OC(CO)[C@@H](O)[C@H]1O)CCN(CCN(CCN(CCN(CCNC(=O)CCCc1cn(C2CC(n3cc(C)c(=O)[nH]c3=O)OC2CO)nn1)C(=O)CCCc1cn(C2CC(n3cc(C)c(=O)[nH]c3=O)OC2CO)nn1)C(=O)CCCc1cn(C2CC(n3cc(C)c(=O)[nH]c3=O)OC2CO)nn1)C(=O)CCCc1cn(C2CC(n3cc(C)c(=O)[nH]c3=O)OC2CO)nn1)C(=O)CC. The van der Waals surface area contributed by atoms with Crippen molar-refractivity contribution >= 4 is 53.1 Å². The number of aliphatic hydroxyl groups is 8. The third kappa shape index (κ3) is 28.7. The van der Waals surface area contributed by atoms with Crippen molar-refractivity contribution in [2.45, 2.75) is 268 Å². The number of thioether (sulfide) groups is 1. The number of carbonyl (C=O) groups is 7. The Hall–Kier alpha value is -12.6. The van der Waals surface area contributed by atoms with Gasteiger partial charge in [0.1, 0.15) is 73.7 Å². The monoisotopic (exact) mass is 2080 g/mol. The highest BCUT2D eigenvalue weighted by atomic mass is 32.2. The molecule has 5 aliphatic rings. The predicted molar refractivity (Wildman–Crippen MR) is 515 cm³/mol. The highest BCUT2D eigenvalue weighted by molar-refractivity contribution is 7.99. The Balaban J connectivity index is 0.736. The van der Waals surface area contributed by atoms with Crippen molar-refractivity contribution in [3.05, 3.63) is 178 Å². The number of carbonyl (C=O) groups excluding carboxylic acids is 7. The van der Waals surface area contributed by atoms with Gasteiger partial charge in [-0.15, -0.1) is 20.4 Å². The van der Waals surface area contributed by atoms with Crippen molar-refractivity contribution in [3.8, 4) is 0 Å². The molecule has 0 spiro atoms. The van der Waals surface area contributed by atoms with Gasteiger partial charge in [0.05, 0.1) is 80.0 Å². The van der Waals surface area contributed by atoms with Gasteiger partial charge in [-0.3, -0.25) is 90.9 Å². The van der Waals surface area contributed by atoms with Crippen LogP contribution in [0.25, 0.3) is 0 Å². The van der Waals surface area contributed by atoms with E-state index in [1.807, 2.05) is 0 Å². The Morgan fingerprint density at radius 2 is 0.660 bits per heavy atom. The molecule has 14 N–H and O–H groups in total. The molecule has 8 aromatic rings. The molecule has 14 unspecified atom stereocenters. The second kappa shape index (κ2) is 52.3. The number of nitrogens with one attached hydrogen (secondary N) is 6. The Kier molecular flexibility index (Phi) is 39.7. The molecule has 13 rings (SSSR count). The maximum Gasteiger partial charge on any atom is 0.330 e. The molecule has 0 bridgehead atoms. The van der Waals surface area contributed by atoms with Gasteiger partial charge in [0.25, 0.3) is 22.2 Å². The fraction of sp³-hybridized carbons (Fsp3) is 0.659. The van der Waals surface area contributed by atoms with Crippen LogP contribution in [-0.4, -0.2) is 376 Å². The minimum absolute atomic E-state index is 0.00121. The largest absolute Gasteiger partial charge is 0.394 e. The van der Waals surface area contributed by atoms with Gasteiger partial charge < -0.3 is 99.7 Å². The van der Waals surface area contributed by atoms with Gasteiger partial charge in [-0.2, -0.15) is 11.8 Å². The number of rotatable bonds is 53. The maximum atomic E-state index is 15.4. The summed E-state index contributed by atoms with van der Waals surface area (Å²) in [6, 6.07) is -3.87. The molecule has 0 aromatic carbocycles. The molecule has 147 heavy (non-hydrogen) atoms. The highest BCUT2D eigenvalue weighted by Crippen LogP contribution is 2.40. The Bertz CT molecular complexity index is 6340. The normalized spacial score (nSPS) is 22.8. The average Bonchev–Trinajstić information content (AvgIpc) is 1.70. The van der Waals surface area contributed by atoms with Gasteiger partial charge in [0.2, 0.25) is 41.4 Å². The van der Waals surface area contributed by atoms with E-state index in [9.17, 15) is 98.4 Å². The summed E-state index contributed by atoms with van der Waals surface area (Å²) in [6.45, 7) is 6.14. The first kappa shape index (κ1) is 112. The van der Waals surface area contributed by atoms with Gasteiger partial charge in [0, 0.05) is 226 Å². The van der Waals surface area contributed by atoms with E-state index in [1.165, 1.54) is 114 Å². The van der Waals surface area contributed by atoms with Gasteiger partial charge in [0.15, 0.2) is 6.29 Å².